The van der Waals surface area contributed by atoms with Crippen LogP contribution in [0.1, 0.15) is 19.3 Å². The molecule has 1 fully saturated rings. The zero-order valence-electron chi connectivity index (χ0n) is 5.27. The number of rotatable bonds is 0. The number of hydrogen-bond donors (Lipinski definition) is 1. The van der Waals surface area contributed by atoms with Gasteiger partial charge in [-0.3, -0.25) is 0 Å². The van der Waals surface area contributed by atoms with Crippen molar-refractivity contribution < 1.29 is 5.11 Å². The van der Waals surface area contributed by atoms with Gasteiger partial charge in [-0.05, 0) is 6.42 Å². The van der Waals surface area contributed by atoms with Crippen LogP contribution in [0.3, 0.4) is 0 Å². The Bertz CT molecular complexity index is 57.5. The summed E-state index contributed by atoms with van der Waals surface area (Å²) in [6.07, 6.45) is 6.01. The van der Waals surface area contributed by atoms with Crippen LogP contribution >= 0.6 is 0 Å². The van der Waals surface area contributed by atoms with E-state index in [1.165, 1.54) is 26.4 Å². The van der Waals surface area contributed by atoms with E-state index in [2.05, 4.69) is 0 Å². The van der Waals surface area contributed by atoms with E-state index in [1.54, 1.807) is 0 Å². The van der Waals surface area contributed by atoms with Crippen LogP contribution in [-0.4, -0.2) is 18.5 Å². The predicted molar refractivity (Wildman–Crippen MR) is 36.6 cm³/mol. The molecule has 0 spiro atoms. The van der Waals surface area contributed by atoms with Crippen molar-refractivity contribution in [2.24, 2.45) is 0 Å². The summed E-state index contributed by atoms with van der Waals surface area (Å²) in [7, 11) is 1.24. The Morgan fingerprint density at radius 2 is 2.25 bits per heavy atom. The fourth-order valence-electron chi connectivity index (χ4n) is 1.26. The van der Waals surface area contributed by atoms with Crippen molar-refractivity contribution in [1.82, 2.24) is 0 Å². The normalized spacial score (nSPS) is 30.9. The lowest BCUT2D eigenvalue weighted by Crippen LogP contribution is -2.04. The molecule has 0 aromatic heterocycles. The van der Waals surface area contributed by atoms with Crippen LogP contribution in [0.4, 0.5) is 0 Å². The highest BCUT2D eigenvalue weighted by atomic mass is 16.3. The van der Waals surface area contributed by atoms with Gasteiger partial charge in [-0.1, -0.05) is 25.5 Å². The minimum absolute atomic E-state index is 0.0255. The van der Waals surface area contributed by atoms with E-state index in [1.807, 2.05) is 0 Å². The first kappa shape index (κ1) is 6.15. The van der Waals surface area contributed by atoms with Gasteiger partial charge in [-0.15, -0.1) is 0 Å². The minimum atomic E-state index is 0.0255. The van der Waals surface area contributed by atoms with Gasteiger partial charge in [0.1, 0.15) is 7.28 Å². The van der Waals surface area contributed by atoms with E-state index in [9.17, 15) is 0 Å². The Labute approximate surface area is 51.3 Å². The fraction of sp³-hybridized carbons (Fsp3) is 1.00. The third-order valence-corrected chi connectivity index (χ3v) is 1.82. The topological polar surface area (TPSA) is 20.2 Å². The average molecular weight is 112 g/mol. The summed E-state index contributed by atoms with van der Waals surface area (Å²) in [5.74, 6) is 0. The van der Waals surface area contributed by atoms with Gasteiger partial charge in [0.25, 0.3) is 0 Å². The molecule has 1 rings (SSSR count). The molecular formula is C6H13BO. The van der Waals surface area contributed by atoms with E-state index in [0.717, 1.165) is 12.7 Å². The molecule has 1 nitrogen and oxygen atoms in total. The Morgan fingerprint density at radius 3 is 3.12 bits per heavy atom. The summed E-state index contributed by atoms with van der Waals surface area (Å²) in [5.41, 5.74) is 0. The second-order valence-electron chi connectivity index (χ2n) is 2.65. The third kappa shape index (κ3) is 1.87. The minimum Gasteiger partial charge on any atom is -0.394 e. The Hall–Kier alpha value is 0.0249. The monoisotopic (exact) mass is 112 g/mol. The van der Waals surface area contributed by atoms with Crippen LogP contribution in [0.15, 0.2) is 0 Å². The van der Waals surface area contributed by atoms with Crippen LogP contribution < -0.4 is 0 Å². The van der Waals surface area contributed by atoms with Crippen LogP contribution in [-0.2, 0) is 0 Å². The highest BCUT2D eigenvalue weighted by molar-refractivity contribution is 6.35. The molecule has 0 amide bonds. The Balaban J connectivity index is 2.17. The van der Waals surface area contributed by atoms with Gasteiger partial charge in [0.05, 0.1) is 0 Å². The molecule has 0 bridgehead atoms. The molecule has 0 aromatic carbocycles. The highest BCUT2D eigenvalue weighted by Gasteiger charge is 2.07. The Kier molecular flexibility index (Phi) is 2.41. The van der Waals surface area contributed by atoms with Gasteiger partial charge in [-0.2, -0.15) is 0 Å². The smallest absolute Gasteiger partial charge is 0.123 e. The largest absolute Gasteiger partial charge is 0.394 e. The fourth-order valence-corrected chi connectivity index (χ4v) is 1.26. The molecule has 1 atom stereocenters. The van der Waals surface area contributed by atoms with Crippen molar-refractivity contribution in [3.05, 3.63) is 0 Å². The van der Waals surface area contributed by atoms with Crippen molar-refractivity contribution in [2.75, 3.05) is 0 Å². The summed E-state index contributed by atoms with van der Waals surface area (Å²) >= 11 is 0. The average Bonchev–Trinajstić information content (AvgIpc) is 1.94. The highest BCUT2D eigenvalue weighted by Crippen LogP contribution is 2.12. The van der Waals surface area contributed by atoms with Crippen molar-refractivity contribution >= 4 is 7.28 Å². The van der Waals surface area contributed by atoms with E-state index in [4.69, 9.17) is 5.11 Å². The van der Waals surface area contributed by atoms with Gasteiger partial charge in [0, 0.05) is 6.10 Å². The van der Waals surface area contributed by atoms with Gasteiger partial charge in [0.2, 0.25) is 0 Å². The molecule has 1 unspecified atom stereocenters. The van der Waals surface area contributed by atoms with Gasteiger partial charge >= 0.3 is 0 Å². The first-order valence-corrected chi connectivity index (χ1v) is 3.57. The predicted octanol–water partition coefficient (Wildman–Crippen LogP) is 0.804. The van der Waals surface area contributed by atoms with E-state index < -0.39 is 0 Å². The maximum absolute atomic E-state index is 9.09. The zero-order chi connectivity index (χ0) is 5.82. The Morgan fingerprint density at radius 1 is 1.38 bits per heavy atom. The van der Waals surface area contributed by atoms with Crippen LogP contribution in [0, 0.1) is 0 Å². The van der Waals surface area contributed by atoms with Crippen molar-refractivity contribution in [2.45, 2.75) is 38.0 Å². The maximum atomic E-state index is 9.09. The van der Waals surface area contributed by atoms with E-state index in [0.29, 0.717) is 0 Å². The molecule has 46 valence electrons. The molecule has 2 heteroatoms. The van der Waals surface area contributed by atoms with Crippen molar-refractivity contribution in [3.63, 3.8) is 0 Å². The molecule has 8 heavy (non-hydrogen) atoms. The van der Waals surface area contributed by atoms with Crippen LogP contribution in [0.25, 0.3) is 0 Å². The van der Waals surface area contributed by atoms with Gasteiger partial charge < -0.3 is 5.11 Å². The van der Waals surface area contributed by atoms with Crippen LogP contribution in [0.5, 0.6) is 0 Å². The molecule has 0 radical (unpaired) electrons. The molecule has 1 heterocycles. The zero-order valence-corrected chi connectivity index (χ0v) is 5.27. The quantitative estimate of drug-likeness (QED) is 0.459. The lowest BCUT2D eigenvalue weighted by molar-refractivity contribution is 0.183. The lowest BCUT2D eigenvalue weighted by atomic mass is 9.70. The molecule has 1 aliphatic heterocycles. The first-order valence-electron chi connectivity index (χ1n) is 3.57. The molecule has 1 aliphatic rings. The molecule has 0 aliphatic carbocycles. The second-order valence-corrected chi connectivity index (χ2v) is 2.65. The number of aliphatic hydroxyl groups excluding tert-OH is 1. The second kappa shape index (κ2) is 3.13. The molecule has 1 saturated heterocycles. The lowest BCUT2D eigenvalue weighted by Gasteiger charge is -2.01. The summed E-state index contributed by atoms with van der Waals surface area (Å²) < 4.78 is 0. The third-order valence-electron chi connectivity index (χ3n) is 1.82. The summed E-state index contributed by atoms with van der Waals surface area (Å²) in [4.78, 5) is 0. The standard InChI is InChI=1S/C6H13BO/c8-6-3-1-2-4-7-5-6/h6-8H,1-5H2. The van der Waals surface area contributed by atoms with Gasteiger partial charge in [0.15, 0.2) is 0 Å². The maximum Gasteiger partial charge on any atom is 0.123 e. The van der Waals surface area contributed by atoms with Gasteiger partial charge in [-0.25, -0.2) is 0 Å². The number of hydrogen-bond acceptors (Lipinski definition) is 1. The van der Waals surface area contributed by atoms with Crippen LogP contribution in [0.2, 0.25) is 12.6 Å². The summed E-state index contributed by atoms with van der Waals surface area (Å²) in [5, 5.41) is 9.09. The molecule has 1 N–H and O–H groups in total. The molecular weight excluding hydrogens is 98.9 g/mol. The summed E-state index contributed by atoms with van der Waals surface area (Å²) in [6.45, 7) is 0. The van der Waals surface area contributed by atoms with Crippen molar-refractivity contribution in [3.8, 4) is 0 Å². The van der Waals surface area contributed by atoms with Crippen molar-refractivity contribution in [1.29, 1.82) is 0 Å². The van der Waals surface area contributed by atoms with E-state index in [-0.39, 0.29) is 6.10 Å². The molecule has 0 aromatic rings. The van der Waals surface area contributed by atoms with E-state index >= 15 is 0 Å². The first-order chi connectivity index (χ1) is 3.89. The summed E-state index contributed by atoms with van der Waals surface area (Å²) in [6, 6.07) is 0. The number of aliphatic hydroxyl groups is 1. The SMILES string of the molecule is OC1CBCCCC1. The molecule has 0 saturated carbocycles.